The number of phosphoric ester groups is 1. The van der Waals surface area contributed by atoms with Crippen LogP contribution >= 0.6 is 7.82 Å². The van der Waals surface area contributed by atoms with E-state index in [1.165, 1.54) is 193 Å². The molecule has 1 N–H and O–H groups in total. The van der Waals surface area contributed by atoms with Gasteiger partial charge in [0, 0.05) is 12.8 Å². The average Bonchev–Trinajstić information content (AvgIpc) is 3.37. The second kappa shape index (κ2) is 55.0. The molecule has 0 bridgehead atoms. The van der Waals surface area contributed by atoms with Crippen LogP contribution in [0, 0.1) is 0 Å². The van der Waals surface area contributed by atoms with Crippen LogP contribution in [0.2, 0.25) is 0 Å². The monoisotopic (exact) mass is 1070 g/mol. The van der Waals surface area contributed by atoms with Crippen LogP contribution in [0.15, 0.2) is 60.8 Å². The first-order valence-corrected chi connectivity index (χ1v) is 33.1. The first-order chi connectivity index (χ1) is 36.4. The van der Waals surface area contributed by atoms with Crippen molar-refractivity contribution in [2.75, 3.05) is 40.9 Å². The number of unbranched alkanes of at least 4 members (excludes halogenated alkanes) is 33. The van der Waals surface area contributed by atoms with Crippen molar-refractivity contribution in [3.8, 4) is 0 Å². The molecule has 3 atom stereocenters. The summed E-state index contributed by atoms with van der Waals surface area (Å²) in [6.45, 7) is 6.78. The number of ether oxygens (including phenoxy) is 1. The van der Waals surface area contributed by atoms with Crippen LogP contribution in [0.5, 0.6) is 0 Å². The lowest BCUT2D eigenvalue weighted by atomic mass is 10.0. The molecule has 3 unspecified atom stereocenters. The molecule has 0 aromatic rings. The number of amides is 1. The molecule has 0 radical (unpaired) electrons. The number of likely N-dealkylation sites (N-methyl/N-ethyl adjacent to an activating group) is 1. The number of hydrogen-bond acceptors (Lipinski definition) is 7. The predicted octanol–water partition coefficient (Wildman–Crippen LogP) is 18.8. The lowest BCUT2D eigenvalue weighted by Crippen LogP contribution is -2.47. The van der Waals surface area contributed by atoms with Crippen molar-refractivity contribution in [3.63, 3.8) is 0 Å². The maximum Gasteiger partial charge on any atom is 0.306 e. The van der Waals surface area contributed by atoms with Gasteiger partial charge in [0.05, 0.1) is 33.8 Å². The Morgan fingerprint density at radius 2 is 0.827 bits per heavy atom. The summed E-state index contributed by atoms with van der Waals surface area (Å²) in [4.78, 5) is 39.9. The van der Waals surface area contributed by atoms with E-state index in [0.717, 1.165) is 57.8 Å². The van der Waals surface area contributed by atoms with Gasteiger partial charge in [-0.25, -0.2) is 0 Å². The molecule has 0 aromatic carbocycles. The minimum atomic E-state index is -4.71. The fourth-order valence-electron chi connectivity index (χ4n) is 9.02. The van der Waals surface area contributed by atoms with E-state index < -0.39 is 32.5 Å². The SMILES string of the molecule is CCCCC/C=C\C/C=C\CCCCCCCCCCCCCCCCCC(=O)NC(COP(=O)([O-])OCC[N+](C)(C)C)C(/C=C\CCCCCCCCCCC)OC(=O)CC/C=C/C/C=C\CCCCCCCC. The molecule has 0 rings (SSSR count). The van der Waals surface area contributed by atoms with E-state index in [4.69, 9.17) is 13.8 Å². The van der Waals surface area contributed by atoms with Gasteiger partial charge >= 0.3 is 5.97 Å². The van der Waals surface area contributed by atoms with Gasteiger partial charge in [-0.15, -0.1) is 0 Å². The van der Waals surface area contributed by atoms with Gasteiger partial charge in [-0.2, -0.15) is 0 Å². The number of esters is 1. The zero-order valence-electron chi connectivity index (χ0n) is 50.0. The first kappa shape index (κ1) is 72.7. The van der Waals surface area contributed by atoms with E-state index >= 15 is 0 Å². The maximum atomic E-state index is 13.5. The summed E-state index contributed by atoms with van der Waals surface area (Å²) in [5, 5.41) is 3.01. The Hall–Kier alpha value is -2.29. The highest BCUT2D eigenvalue weighted by Gasteiger charge is 2.27. The number of hydrogen-bond donors (Lipinski definition) is 1. The van der Waals surface area contributed by atoms with Crippen LogP contribution in [0.25, 0.3) is 0 Å². The summed E-state index contributed by atoms with van der Waals surface area (Å²) in [5.74, 6) is -0.614. The number of rotatable bonds is 57. The van der Waals surface area contributed by atoms with E-state index in [1.807, 2.05) is 39.4 Å². The molecule has 0 spiro atoms. The molecule has 0 aliphatic heterocycles. The number of phosphoric acid groups is 1. The minimum absolute atomic E-state index is 0.0300. The van der Waals surface area contributed by atoms with Gasteiger partial charge in [0.25, 0.3) is 7.82 Å². The van der Waals surface area contributed by atoms with Crippen molar-refractivity contribution in [2.24, 2.45) is 0 Å². The standard InChI is InChI=1S/C65H121N2O7P/c1-7-10-13-16-19-22-25-27-28-29-30-31-32-33-34-35-36-37-38-40-42-45-48-51-54-57-64(68)66-62(61-73-75(70,71)72-60-59-67(4,5)6)63(56-53-50-47-44-41-24-21-18-15-12-9-3)74-65(69)58-55-52-49-46-43-39-26-23-20-17-14-11-8-2/h19,22,27-28,39,43,49,52-53,56,62-63H,7-18,20-21,23-26,29-38,40-42,44-48,50-51,54-55,57-61H2,1-6H3,(H-,66,68,70,71)/b22-19-,28-27-,43-39-,52-49+,56-53-. The van der Waals surface area contributed by atoms with Gasteiger partial charge in [-0.1, -0.05) is 255 Å². The van der Waals surface area contributed by atoms with Crippen molar-refractivity contribution < 1.29 is 37.3 Å². The third kappa shape index (κ3) is 56.2. The van der Waals surface area contributed by atoms with Crippen molar-refractivity contribution in [3.05, 3.63) is 60.8 Å². The molecular formula is C65H121N2O7P. The summed E-state index contributed by atoms with van der Waals surface area (Å²) < 4.78 is 30.2. The number of nitrogens with zero attached hydrogens (tertiary/aromatic N) is 1. The Morgan fingerprint density at radius 1 is 0.467 bits per heavy atom. The van der Waals surface area contributed by atoms with Gasteiger partial charge in [0.2, 0.25) is 5.91 Å². The molecule has 438 valence electrons. The molecule has 75 heavy (non-hydrogen) atoms. The van der Waals surface area contributed by atoms with Gasteiger partial charge in [0.1, 0.15) is 19.3 Å². The normalized spacial score (nSPS) is 14.1. The molecule has 9 nitrogen and oxygen atoms in total. The largest absolute Gasteiger partial charge is 0.756 e. The molecule has 0 saturated carbocycles. The highest BCUT2D eigenvalue weighted by molar-refractivity contribution is 7.45. The summed E-state index contributed by atoms with van der Waals surface area (Å²) in [7, 11) is 1.16. The number of carbonyl (C=O) groups excluding carboxylic acids is 2. The van der Waals surface area contributed by atoms with Crippen LogP contribution in [-0.2, 0) is 27.9 Å². The maximum absolute atomic E-state index is 13.5. The fourth-order valence-corrected chi connectivity index (χ4v) is 9.74. The average molecular weight is 1070 g/mol. The Kier molecular flexibility index (Phi) is 53.4. The third-order valence-electron chi connectivity index (χ3n) is 13.9. The summed E-state index contributed by atoms with van der Waals surface area (Å²) in [6, 6.07) is -0.910. The van der Waals surface area contributed by atoms with Gasteiger partial charge in [-0.05, 0) is 83.1 Å². The number of nitrogens with one attached hydrogen (secondary N) is 1. The fraction of sp³-hybridized carbons (Fsp3) is 0.815. The predicted molar refractivity (Wildman–Crippen MR) is 321 cm³/mol. The highest BCUT2D eigenvalue weighted by Crippen LogP contribution is 2.38. The topological polar surface area (TPSA) is 114 Å². The first-order valence-electron chi connectivity index (χ1n) is 31.6. The number of allylic oxidation sites excluding steroid dienone is 9. The third-order valence-corrected chi connectivity index (χ3v) is 14.9. The van der Waals surface area contributed by atoms with Crippen LogP contribution in [0.1, 0.15) is 290 Å². The van der Waals surface area contributed by atoms with E-state index in [0.29, 0.717) is 23.9 Å². The number of quaternary nitrogens is 1. The molecule has 0 heterocycles. The van der Waals surface area contributed by atoms with Gasteiger partial charge in [0.15, 0.2) is 0 Å². The molecule has 1 amide bonds. The van der Waals surface area contributed by atoms with Crippen LogP contribution in [0.4, 0.5) is 0 Å². The van der Waals surface area contributed by atoms with Crippen molar-refractivity contribution >= 4 is 19.7 Å². The number of carbonyl (C=O) groups is 2. The second-order valence-electron chi connectivity index (χ2n) is 22.6. The molecule has 0 saturated heterocycles. The van der Waals surface area contributed by atoms with Crippen LogP contribution < -0.4 is 10.2 Å². The molecule has 0 aliphatic carbocycles. The summed E-state index contributed by atoms with van der Waals surface area (Å²) in [6.07, 6.45) is 69.3. The van der Waals surface area contributed by atoms with Crippen molar-refractivity contribution in [2.45, 2.75) is 303 Å². The zero-order valence-corrected chi connectivity index (χ0v) is 50.9. The molecule has 0 fully saturated rings. The zero-order chi connectivity index (χ0) is 55.0. The lowest BCUT2D eigenvalue weighted by molar-refractivity contribution is -0.870. The van der Waals surface area contributed by atoms with E-state index in [-0.39, 0.29) is 18.9 Å². The molecule has 0 aromatic heterocycles. The second-order valence-corrected chi connectivity index (χ2v) is 24.0. The van der Waals surface area contributed by atoms with Crippen LogP contribution in [0.3, 0.4) is 0 Å². The van der Waals surface area contributed by atoms with Crippen LogP contribution in [-0.4, -0.2) is 69.4 Å². The van der Waals surface area contributed by atoms with E-state index in [1.54, 1.807) is 0 Å². The lowest BCUT2D eigenvalue weighted by Gasteiger charge is -2.30. The van der Waals surface area contributed by atoms with Gasteiger partial charge in [-0.3, -0.25) is 14.2 Å². The quantitative estimate of drug-likeness (QED) is 0.0212. The Balaban J connectivity index is 5.09. The molecular weight excluding hydrogens is 952 g/mol. The Bertz CT molecular complexity index is 1470. The smallest absolute Gasteiger partial charge is 0.306 e. The summed E-state index contributed by atoms with van der Waals surface area (Å²) in [5.41, 5.74) is 0. The Labute approximate surface area is 464 Å². The highest BCUT2D eigenvalue weighted by atomic mass is 31.2. The van der Waals surface area contributed by atoms with Gasteiger partial charge < -0.3 is 28.5 Å². The van der Waals surface area contributed by atoms with E-state index in [9.17, 15) is 19.0 Å². The minimum Gasteiger partial charge on any atom is -0.756 e. The Morgan fingerprint density at radius 3 is 1.25 bits per heavy atom. The summed E-state index contributed by atoms with van der Waals surface area (Å²) >= 11 is 0. The van der Waals surface area contributed by atoms with E-state index in [2.05, 4.69) is 68.6 Å². The van der Waals surface area contributed by atoms with Crippen molar-refractivity contribution in [1.29, 1.82) is 0 Å². The molecule has 10 heteroatoms. The van der Waals surface area contributed by atoms with Crippen molar-refractivity contribution in [1.82, 2.24) is 5.32 Å². The molecule has 0 aliphatic rings.